The van der Waals surface area contributed by atoms with Gasteiger partial charge in [-0.3, -0.25) is 9.59 Å². The molecular formula is C19H23N3O3. The molecule has 1 aliphatic rings. The minimum absolute atomic E-state index is 0.0736. The fourth-order valence-corrected chi connectivity index (χ4v) is 2.64. The van der Waals surface area contributed by atoms with Crippen LogP contribution in [0.2, 0.25) is 0 Å². The van der Waals surface area contributed by atoms with Gasteiger partial charge in [0.15, 0.2) is 0 Å². The van der Waals surface area contributed by atoms with Gasteiger partial charge in [-0.25, -0.2) is 4.68 Å². The van der Waals surface area contributed by atoms with E-state index in [9.17, 15) is 9.59 Å². The average Bonchev–Trinajstić information content (AvgIpc) is 3.44. The molecule has 6 heteroatoms. The molecule has 25 heavy (non-hydrogen) atoms. The van der Waals surface area contributed by atoms with Crippen molar-refractivity contribution in [3.05, 3.63) is 58.0 Å². The summed E-state index contributed by atoms with van der Waals surface area (Å²) in [6.45, 7) is 3.32. The number of carbonyl (C=O) groups is 1. The third kappa shape index (κ3) is 4.92. The van der Waals surface area contributed by atoms with Crippen LogP contribution in [0.1, 0.15) is 36.9 Å². The van der Waals surface area contributed by atoms with Crippen LogP contribution < -0.4 is 15.6 Å². The first-order valence-corrected chi connectivity index (χ1v) is 8.72. The standard InChI is InChI=1S/C19H23N3O3/c1-2-25-16-7-3-14(4-8-16)13-18(23)20-11-12-22-19(24)10-9-17(21-22)15-5-6-15/h3-4,7-10,15H,2,5-6,11-13H2,1H3,(H,20,23). The monoisotopic (exact) mass is 341 g/mol. The van der Waals surface area contributed by atoms with E-state index in [1.807, 2.05) is 31.2 Å². The molecular weight excluding hydrogens is 318 g/mol. The molecule has 0 saturated heterocycles. The Kier molecular flexibility index (Phi) is 5.48. The number of ether oxygens (including phenoxy) is 1. The maximum Gasteiger partial charge on any atom is 0.266 e. The van der Waals surface area contributed by atoms with E-state index in [0.717, 1.165) is 29.8 Å². The van der Waals surface area contributed by atoms with E-state index < -0.39 is 0 Å². The maximum atomic E-state index is 12.0. The molecule has 0 aliphatic heterocycles. The molecule has 1 amide bonds. The van der Waals surface area contributed by atoms with E-state index in [0.29, 0.717) is 32.0 Å². The molecule has 0 radical (unpaired) electrons. The Balaban J connectivity index is 1.47. The van der Waals surface area contributed by atoms with Gasteiger partial charge in [0.1, 0.15) is 5.75 Å². The second kappa shape index (κ2) is 7.96. The first kappa shape index (κ1) is 17.2. The second-order valence-corrected chi connectivity index (χ2v) is 6.20. The van der Waals surface area contributed by atoms with Crippen molar-refractivity contribution in [2.75, 3.05) is 13.2 Å². The normalized spacial score (nSPS) is 13.5. The van der Waals surface area contributed by atoms with Crippen LogP contribution in [0.4, 0.5) is 0 Å². The lowest BCUT2D eigenvalue weighted by molar-refractivity contribution is -0.120. The molecule has 6 nitrogen and oxygen atoms in total. The highest BCUT2D eigenvalue weighted by Gasteiger charge is 2.25. The van der Waals surface area contributed by atoms with E-state index >= 15 is 0 Å². The summed E-state index contributed by atoms with van der Waals surface area (Å²) < 4.78 is 6.82. The van der Waals surface area contributed by atoms with Crippen molar-refractivity contribution in [3.63, 3.8) is 0 Å². The highest BCUT2D eigenvalue weighted by Crippen LogP contribution is 2.38. The fraction of sp³-hybridized carbons (Fsp3) is 0.421. The quantitative estimate of drug-likeness (QED) is 0.796. The lowest BCUT2D eigenvalue weighted by Gasteiger charge is -2.09. The summed E-state index contributed by atoms with van der Waals surface area (Å²) in [5, 5.41) is 7.22. The van der Waals surface area contributed by atoms with Crippen molar-refractivity contribution in [2.45, 2.75) is 38.6 Å². The molecule has 0 unspecified atom stereocenters. The number of aromatic nitrogens is 2. The Morgan fingerprint density at radius 1 is 1.24 bits per heavy atom. The zero-order chi connectivity index (χ0) is 17.6. The Bertz CT molecular complexity index is 779. The van der Waals surface area contributed by atoms with Crippen molar-refractivity contribution in [1.82, 2.24) is 15.1 Å². The first-order valence-electron chi connectivity index (χ1n) is 8.72. The summed E-state index contributed by atoms with van der Waals surface area (Å²) in [6.07, 6.45) is 2.59. The molecule has 3 rings (SSSR count). The summed E-state index contributed by atoms with van der Waals surface area (Å²) in [6, 6.07) is 10.9. The van der Waals surface area contributed by atoms with Crippen molar-refractivity contribution in [2.24, 2.45) is 0 Å². The predicted octanol–water partition coefficient (Wildman–Crippen LogP) is 1.88. The van der Waals surface area contributed by atoms with Crippen LogP contribution in [0.5, 0.6) is 5.75 Å². The van der Waals surface area contributed by atoms with Gasteiger partial charge in [-0.1, -0.05) is 12.1 Å². The van der Waals surface area contributed by atoms with Crippen LogP contribution in [0.3, 0.4) is 0 Å². The highest BCUT2D eigenvalue weighted by atomic mass is 16.5. The van der Waals surface area contributed by atoms with Gasteiger partial charge in [-0.05, 0) is 43.5 Å². The number of carbonyl (C=O) groups excluding carboxylic acids is 1. The number of hydrogen-bond donors (Lipinski definition) is 1. The number of nitrogens with one attached hydrogen (secondary N) is 1. The lowest BCUT2D eigenvalue weighted by Crippen LogP contribution is -2.32. The minimum Gasteiger partial charge on any atom is -0.494 e. The van der Waals surface area contributed by atoms with Crippen molar-refractivity contribution in [1.29, 1.82) is 0 Å². The summed E-state index contributed by atoms with van der Waals surface area (Å²) in [5.41, 5.74) is 1.76. The molecule has 0 spiro atoms. The SMILES string of the molecule is CCOc1ccc(CC(=O)NCCn2nc(C3CC3)ccc2=O)cc1. The van der Waals surface area contributed by atoms with Gasteiger partial charge < -0.3 is 10.1 Å². The highest BCUT2D eigenvalue weighted by molar-refractivity contribution is 5.78. The van der Waals surface area contributed by atoms with Crippen molar-refractivity contribution >= 4 is 5.91 Å². The van der Waals surface area contributed by atoms with Gasteiger partial charge in [0.05, 0.1) is 25.3 Å². The number of rotatable bonds is 8. The molecule has 132 valence electrons. The fourth-order valence-electron chi connectivity index (χ4n) is 2.64. The molecule has 1 heterocycles. The Morgan fingerprint density at radius 3 is 2.68 bits per heavy atom. The molecule has 1 aromatic heterocycles. The van der Waals surface area contributed by atoms with Crippen LogP contribution in [-0.4, -0.2) is 28.8 Å². The maximum absolute atomic E-state index is 12.0. The number of amides is 1. The molecule has 0 atom stereocenters. The Hall–Kier alpha value is -2.63. The number of hydrogen-bond acceptors (Lipinski definition) is 4. The molecule has 1 saturated carbocycles. The van der Waals surface area contributed by atoms with Gasteiger partial charge in [-0.2, -0.15) is 5.10 Å². The van der Waals surface area contributed by atoms with E-state index in [4.69, 9.17) is 4.74 Å². The molecule has 0 bridgehead atoms. The van der Waals surface area contributed by atoms with E-state index in [2.05, 4.69) is 10.4 Å². The summed E-state index contributed by atoms with van der Waals surface area (Å²) in [7, 11) is 0. The Morgan fingerprint density at radius 2 is 2.00 bits per heavy atom. The third-order valence-corrected chi connectivity index (χ3v) is 4.13. The lowest BCUT2D eigenvalue weighted by atomic mass is 10.1. The van der Waals surface area contributed by atoms with Crippen LogP contribution in [0, 0.1) is 0 Å². The largest absolute Gasteiger partial charge is 0.494 e. The summed E-state index contributed by atoms with van der Waals surface area (Å²) in [4.78, 5) is 23.9. The topological polar surface area (TPSA) is 73.2 Å². The second-order valence-electron chi connectivity index (χ2n) is 6.20. The van der Waals surface area contributed by atoms with Crippen LogP contribution in [0.15, 0.2) is 41.2 Å². The van der Waals surface area contributed by atoms with Crippen LogP contribution in [0.25, 0.3) is 0 Å². The van der Waals surface area contributed by atoms with E-state index in [-0.39, 0.29) is 11.5 Å². The van der Waals surface area contributed by atoms with Gasteiger partial charge >= 0.3 is 0 Å². The smallest absolute Gasteiger partial charge is 0.266 e. The zero-order valence-corrected chi connectivity index (χ0v) is 14.4. The first-order chi connectivity index (χ1) is 12.2. The van der Waals surface area contributed by atoms with Gasteiger partial charge in [0, 0.05) is 18.5 Å². The Labute approximate surface area is 146 Å². The van der Waals surface area contributed by atoms with Crippen molar-refractivity contribution < 1.29 is 9.53 Å². The van der Waals surface area contributed by atoms with E-state index in [1.54, 1.807) is 12.1 Å². The van der Waals surface area contributed by atoms with Gasteiger partial charge in [0.2, 0.25) is 5.91 Å². The molecule has 1 N–H and O–H groups in total. The number of nitrogens with zero attached hydrogens (tertiary/aromatic N) is 2. The van der Waals surface area contributed by atoms with Crippen molar-refractivity contribution in [3.8, 4) is 5.75 Å². The van der Waals surface area contributed by atoms with Gasteiger partial charge in [0.25, 0.3) is 5.56 Å². The van der Waals surface area contributed by atoms with Crippen LogP contribution >= 0.6 is 0 Å². The minimum atomic E-state index is -0.134. The molecule has 1 aliphatic carbocycles. The molecule has 1 aromatic carbocycles. The predicted molar refractivity (Wildman–Crippen MR) is 94.8 cm³/mol. The third-order valence-electron chi connectivity index (χ3n) is 4.13. The van der Waals surface area contributed by atoms with E-state index in [1.165, 1.54) is 4.68 Å². The molecule has 1 fully saturated rings. The summed E-state index contributed by atoms with van der Waals surface area (Å²) >= 11 is 0. The van der Waals surface area contributed by atoms with Gasteiger partial charge in [-0.15, -0.1) is 0 Å². The molecule has 2 aromatic rings. The van der Waals surface area contributed by atoms with Crippen LogP contribution in [-0.2, 0) is 17.8 Å². The average molecular weight is 341 g/mol. The zero-order valence-electron chi connectivity index (χ0n) is 14.4. The number of benzene rings is 1. The summed E-state index contributed by atoms with van der Waals surface area (Å²) in [5.74, 6) is 1.23.